The molecule has 24 heavy (non-hydrogen) atoms. The van der Waals surface area contributed by atoms with Gasteiger partial charge in [-0.2, -0.15) is 0 Å². The highest BCUT2D eigenvalue weighted by Gasteiger charge is 2.13. The zero-order valence-electron chi connectivity index (χ0n) is 13.5. The van der Waals surface area contributed by atoms with Gasteiger partial charge in [0, 0.05) is 11.8 Å². The van der Waals surface area contributed by atoms with Gasteiger partial charge in [0.05, 0.1) is 17.7 Å². The molecule has 2 aromatic carbocycles. The summed E-state index contributed by atoms with van der Waals surface area (Å²) < 4.78 is 18.9. The molecule has 3 aromatic rings. The Morgan fingerprint density at radius 2 is 1.83 bits per heavy atom. The maximum Gasteiger partial charge on any atom is 0.230 e. The lowest BCUT2D eigenvalue weighted by Gasteiger charge is -2.06. The molecule has 5 heteroatoms. The number of aromatic nitrogens is 1. The Hall–Kier alpha value is -2.95. The van der Waals surface area contributed by atoms with Crippen molar-refractivity contribution in [2.75, 3.05) is 5.32 Å². The Bertz CT molecular complexity index is 866. The number of halogens is 1. The van der Waals surface area contributed by atoms with E-state index in [1.165, 1.54) is 6.07 Å². The molecule has 0 bridgehead atoms. The Kier molecular flexibility index (Phi) is 4.42. The largest absolute Gasteiger partial charge is 0.356 e. The Balaban J connectivity index is 1.70. The number of rotatable bonds is 4. The minimum atomic E-state index is -0.389. The highest BCUT2D eigenvalue weighted by molar-refractivity contribution is 5.92. The van der Waals surface area contributed by atoms with Crippen molar-refractivity contribution in [2.45, 2.75) is 20.3 Å². The maximum atomic E-state index is 13.7. The number of anilines is 1. The van der Waals surface area contributed by atoms with E-state index in [1.54, 1.807) is 24.3 Å². The predicted octanol–water partition coefficient (Wildman–Crippen LogP) is 4.28. The van der Waals surface area contributed by atoms with Gasteiger partial charge in [-0.3, -0.25) is 4.79 Å². The SMILES string of the molecule is Cc1cc(C)cc(NC(=O)Cc2cc(-c3ccccc3F)on2)c1. The van der Waals surface area contributed by atoms with E-state index in [2.05, 4.69) is 10.5 Å². The van der Waals surface area contributed by atoms with Gasteiger partial charge in [-0.25, -0.2) is 4.39 Å². The quantitative estimate of drug-likeness (QED) is 0.779. The third-order valence-electron chi connectivity index (χ3n) is 3.55. The molecule has 1 N–H and O–H groups in total. The van der Waals surface area contributed by atoms with E-state index < -0.39 is 0 Å². The van der Waals surface area contributed by atoms with Crippen LogP contribution in [0.25, 0.3) is 11.3 Å². The molecule has 1 aromatic heterocycles. The van der Waals surface area contributed by atoms with Crippen LogP contribution in [0, 0.1) is 19.7 Å². The van der Waals surface area contributed by atoms with Crippen molar-refractivity contribution in [3.8, 4) is 11.3 Å². The smallest absolute Gasteiger partial charge is 0.230 e. The molecule has 0 saturated heterocycles. The molecule has 1 heterocycles. The van der Waals surface area contributed by atoms with Crippen molar-refractivity contribution in [2.24, 2.45) is 0 Å². The lowest BCUT2D eigenvalue weighted by Crippen LogP contribution is -2.14. The van der Waals surface area contributed by atoms with Gasteiger partial charge in [0.15, 0.2) is 5.76 Å². The summed E-state index contributed by atoms with van der Waals surface area (Å²) in [6.45, 7) is 3.95. The molecular weight excluding hydrogens is 307 g/mol. The highest BCUT2D eigenvalue weighted by atomic mass is 19.1. The van der Waals surface area contributed by atoms with Gasteiger partial charge < -0.3 is 9.84 Å². The summed E-state index contributed by atoms with van der Waals surface area (Å²) in [5.41, 5.74) is 3.68. The molecule has 0 atom stereocenters. The molecule has 0 radical (unpaired) electrons. The first-order valence-electron chi connectivity index (χ1n) is 7.60. The van der Waals surface area contributed by atoms with E-state index in [-0.39, 0.29) is 18.1 Å². The maximum absolute atomic E-state index is 13.7. The Morgan fingerprint density at radius 3 is 2.54 bits per heavy atom. The van der Waals surface area contributed by atoms with Crippen molar-refractivity contribution in [1.29, 1.82) is 0 Å². The van der Waals surface area contributed by atoms with Crippen LogP contribution in [-0.4, -0.2) is 11.1 Å². The summed E-state index contributed by atoms with van der Waals surface area (Å²) in [5, 5.41) is 6.69. The Labute approximate surface area is 139 Å². The molecule has 4 nitrogen and oxygen atoms in total. The number of hydrogen-bond acceptors (Lipinski definition) is 3. The second-order valence-corrected chi connectivity index (χ2v) is 5.76. The van der Waals surface area contributed by atoms with Crippen LogP contribution in [0.1, 0.15) is 16.8 Å². The van der Waals surface area contributed by atoms with Crippen molar-refractivity contribution >= 4 is 11.6 Å². The van der Waals surface area contributed by atoms with Crippen LogP contribution in [0.4, 0.5) is 10.1 Å². The number of hydrogen-bond donors (Lipinski definition) is 1. The number of carbonyl (C=O) groups excluding carboxylic acids is 1. The van der Waals surface area contributed by atoms with E-state index >= 15 is 0 Å². The minimum Gasteiger partial charge on any atom is -0.356 e. The van der Waals surface area contributed by atoms with Crippen LogP contribution in [0.5, 0.6) is 0 Å². The Morgan fingerprint density at radius 1 is 1.12 bits per heavy atom. The number of nitrogens with zero attached hydrogens (tertiary/aromatic N) is 1. The lowest BCUT2D eigenvalue weighted by atomic mass is 10.1. The molecular formula is C19H17FN2O2. The second kappa shape index (κ2) is 6.66. The molecule has 0 aliphatic heterocycles. The lowest BCUT2D eigenvalue weighted by molar-refractivity contribution is -0.115. The summed E-state index contributed by atoms with van der Waals surface area (Å²) in [4.78, 5) is 12.2. The zero-order valence-corrected chi connectivity index (χ0v) is 13.5. The monoisotopic (exact) mass is 324 g/mol. The number of nitrogens with one attached hydrogen (secondary N) is 1. The van der Waals surface area contributed by atoms with Crippen molar-refractivity contribution in [1.82, 2.24) is 5.16 Å². The van der Waals surface area contributed by atoms with E-state index in [9.17, 15) is 9.18 Å². The van der Waals surface area contributed by atoms with Gasteiger partial charge in [0.2, 0.25) is 5.91 Å². The van der Waals surface area contributed by atoms with Gasteiger partial charge in [0.1, 0.15) is 5.82 Å². The minimum absolute atomic E-state index is 0.0605. The number of aryl methyl sites for hydroxylation is 2. The van der Waals surface area contributed by atoms with Gasteiger partial charge in [0.25, 0.3) is 0 Å². The second-order valence-electron chi connectivity index (χ2n) is 5.76. The number of carbonyl (C=O) groups is 1. The highest BCUT2D eigenvalue weighted by Crippen LogP contribution is 2.23. The average molecular weight is 324 g/mol. The molecule has 3 rings (SSSR count). The van der Waals surface area contributed by atoms with Crippen molar-refractivity contribution in [3.63, 3.8) is 0 Å². The predicted molar refractivity (Wildman–Crippen MR) is 90.1 cm³/mol. The number of amides is 1. The van der Waals surface area contributed by atoms with Crippen LogP contribution >= 0.6 is 0 Å². The van der Waals surface area contributed by atoms with Gasteiger partial charge in [-0.05, 0) is 49.2 Å². The summed E-state index contributed by atoms with van der Waals surface area (Å²) in [5.74, 6) is -0.282. The van der Waals surface area contributed by atoms with Crippen molar-refractivity contribution in [3.05, 3.63) is 71.2 Å². The topological polar surface area (TPSA) is 55.1 Å². The van der Waals surface area contributed by atoms with Crippen molar-refractivity contribution < 1.29 is 13.7 Å². The first kappa shape index (κ1) is 15.9. The standard InChI is InChI=1S/C19H17FN2O2/c1-12-7-13(2)9-14(8-12)21-19(23)11-15-10-18(24-22-15)16-5-3-4-6-17(16)20/h3-10H,11H2,1-2H3,(H,21,23). The summed E-state index contributed by atoms with van der Waals surface area (Å²) in [6, 6.07) is 13.7. The number of benzene rings is 2. The third kappa shape index (κ3) is 3.68. The molecule has 1 amide bonds. The first-order chi connectivity index (χ1) is 11.5. The van der Waals surface area contributed by atoms with E-state index in [4.69, 9.17) is 4.52 Å². The van der Waals surface area contributed by atoms with Crippen LogP contribution in [-0.2, 0) is 11.2 Å². The van der Waals surface area contributed by atoms with Gasteiger partial charge >= 0.3 is 0 Å². The van der Waals surface area contributed by atoms with E-state index in [0.29, 0.717) is 17.0 Å². The molecule has 0 fully saturated rings. The zero-order chi connectivity index (χ0) is 17.1. The molecule has 0 spiro atoms. The summed E-state index contributed by atoms with van der Waals surface area (Å²) >= 11 is 0. The fourth-order valence-corrected chi connectivity index (χ4v) is 2.60. The van der Waals surface area contributed by atoms with Gasteiger partial charge in [-0.1, -0.05) is 23.4 Å². The fourth-order valence-electron chi connectivity index (χ4n) is 2.60. The van der Waals surface area contributed by atoms with Crippen LogP contribution in [0.2, 0.25) is 0 Å². The molecule has 122 valence electrons. The van der Waals surface area contributed by atoms with Crippen LogP contribution in [0.15, 0.2) is 53.1 Å². The molecule has 0 saturated carbocycles. The van der Waals surface area contributed by atoms with E-state index in [1.807, 2.05) is 32.0 Å². The third-order valence-corrected chi connectivity index (χ3v) is 3.55. The first-order valence-corrected chi connectivity index (χ1v) is 7.60. The summed E-state index contributed by atoms with van der Waals surface area (Å²) in [6.07, 6.45) is 0.0605. The van der Waals surface area contributed by atoms with Crippen LogP contribution < -0.4 is 5.32 Å². The van der Waals surface area contributed by atoms with Gasteiger partial charge in [-0.15, -0.1) is 0 Å². The molecule has 0 aliphatic carbocycles. The molecule has 0 unspecified atom stereocenters. The van der Waals surface area contributed by atoms with Crippen LogP contribution in [0.3, 0.4) is 0 Å². The fraction of sp³-hybridized carbons (Fsp3) is 0.158. The normalized spacial score (nSPS) is 10.6. The van der Waals surface area contributed by atoms with E-state index in [0.717, 1.165) is 16.8 Å². The average Bonchev–Trinajstić information content (AvgIpc) is 2.94. The molecule has 0 aliphatic rings. The summed E-state index contributed by atoms with van der Waals surface area (Å²) in [7, 11) is 0.